The first kappa shape index (κ1) is 14.8. The van der Waals surface area contributed by atoms with Crippen molar-refractivity contribution in [1.29, 1.82) is 0 Å². The molecule has 0 saturated heterocycles. The summed E-state index contributed by atoms with van der Waals surface area (Å²) >= 11 is 0. The Bertz CT molecular complexity index is 378. The van der Waals surface area contributed by atoms with Gasteiger partial charge in [-0.25, -0.2) is 0 Å². The van der Waals surface area contributed by atoms with Crippen molar-refractivity contribution < 1.29 is 25.2 Å². The van der Waals surface area contributed by atoms with Gasteiger partial charge in [-0.15, -0.1) is 0 Å². The van der Waals surface area contributed by atoms with Crippen LogP contribution in [0.5, 0.6) is 11.5 Å². The molecule has 101 valence electrons. The highest BCUT2D eigenvalue weighted by Gasteiger charge is 2.09. The van der Waals surface area contributed by atoms with Crippen LogP contribution in [0.4, 0.5) is 0 Å². The van der Waals surface area contributed by atoms with Crippen LogP contribution >= 0.6 is 0 Å². The highest BCUT2D eigenvalue weighted by Crippen LogP contribution is 2.27. The lowest BCUT2D eigenvalue weighted by Crippen LogP contribution is -2.20. The van der Waals surface area contributed by atoms with Crippen molar-refractivity contribution in [1.82, 2.24) is 0 Å². The fourth-order valence-electron chi connectivity index (χ4n) is 1.69. The number of ether oxygens (including phenoxy) is 1. The van der Waals surface area contributed by atoms with Gasteiger partial charge in [-0.3, -0.25) is 0 Å². The van der Waals surface area contributed by atoms with Gasteiger partial charge < -0.3 is 25.2 Å². The Morgan fingerprint density at radius 1 is 1.39 bits per heavy atom. The molecule has 1 atom stereocenters. The van der Waals surface area contributed by atoms with Crippen molar-refractivity contribution in [2.24, 2.45) is 0 Å². The van der Waals surface area contributed by atoms with Crippen LogP contribution in [0, 0.1) is 6.07 Å². The Labute approximate surface area is 106 Å². The molecule has 0 fully saturated rings. The maximum Gasteiger partial charge on any atom is 0.127 e. The molecule has 0 heterocycles. The summed E-state index contributed by atoms with van der Waals surface area (Å²) in [7, 11) is 0. The third-order valence-corrected chi connectivity index (χ3v) is 2.60. The quantitative estimate of drug-likeness (QED) is 0.529. The summed E-state index contributed by atoms with van der Waals surface area (Å²) in [6.45, 7) is 1.95. The van der Waals surface area contributed by atoms with E-state index < -0.39 is 6.10 Å². The van der Waals surface area contributed by atoms with Crippen LogP contribution in [0.15, 0.2) is 6.07 Å². The molecule has 0 saturated carbocycles. The first-order valence-corrected chi connectivity index (χ1v) is 5.91. The van der Waals surface area contributed by atoms with E-state index in [2.05, 4.69) is 6.07 Å². The van der Waals surface area contributed by atoms with E-state index in [1.54, 1.807) is 0 Å². The summed E-state index contributed by atoms with van der Waals surface area (Å²) in [5.41, 5.74) is 1.44. The molecule has 0 aliphatic heterocycles. The van der Waals surface area contributed by atoms with Gasteiger partial charge in [0, 0.05) is 12.1 Å². The number of rotatable bonds is 7. The number of hydrogen-bond acceptors (Lipinski definition) is 5. The SMILES string of the molecule is CCc1c(CCOCC(O)CO)[c]c(O)cc1O. The third-order valence-electron chi connectivity index (χ3n) is 2.60. The number of aliphatic hydroxyl groups is 2. The van der Waals surface area contributed by atoms with Crippen LogP contribution in [0.2, 0.25) is 0 Å². The number of phenolic OH excluding ortho intramolecular Hbond substituents is 2. The van der Waals surface area contributed by atoms with Gasteiger partial charge in [-0.2, -0.15) is 0 Å². The first-order chi connectivity index (χ1) is 8.58. The van der Waals surface area contributed by atoms with E-state index in [9.17, 15) is 10.2 Å². The third kappa shape index (κ3) is 4.18. The molecule has 0 bridgehead atoms. The first-order valence-electron chi connectivity index (χ1n) is 5.91. The summed E-state index contributed by atoms with van der Waals surface area (Å²) in [4.78, 5) is 0. The Hall–Kier alpha value is -1.30. The van der Waals surface area contributed by atoms with Crippen LogP contribution in [-0.4, -0.2) is 46.4 Å². The average Bonchev–Trinajstić information content (AvgIpc) is 2.33. The predicted molar refractivity (Wildman–Crippen MR) is 65.6 cm³/mol. The molecule has 1 aromatic carbocycles. The molecule has 1 aromatic rings. The minimum Gasteiger partial charge on any atom is -0.508 e. The second-order valence-electron chi connectivity index (χ2n) is 4.01. The van der Waals surface area contributed by atoms with Crippen molar-refractivity contribution >= 4 is 0 Å². The maximum absolute atomic E-state index is 9.66. The number of aliphatic hydroxyl groups excluding tert-OH is 2. The van der Waals surface area contributed by atoms with Crippen molar-refractivity contribution in [2.45, 2.75) is 25.9 Å². The highest BCUT2D eigenvalue weighted by atomic mass is 16.5. The van der Waals surface area contributed by atoms with E-state index >= 15 is 0 Å². The molecule has 0 aliphatic carbocycles. The van der Waals surface area contributed by atoms with Crippen LogP contribution in [0.1, 0.15) is 18.1 Å². The van der Waals surface area contributed by atoms with Crippen molar-refractivity contribution in [2.75, 3.05) is 19.8 Å². The Morgan fingerprint density at radius 2 is 2.11 bits per heavy atom. The largest absolute Gasteiger partial charge is 0.508 e. The molecule has 1 rings (SSSR count). The summed E-state index contributed by atoms with van der Waals surface area (Å²) in [6.07, 6.45) is 0.234. The van der Waals surface area contributed by atoms with Crippen molar-refractivity contribution in [3.63, 3.8) is 0 Å². The predicted octanol–water partition coefficient (Wildman–Crippen LogP) is 0.373. The molecule has 1 radical (unpaired) electrons. The standard InChI is InChI=1S/C13H19O5/c1-2-12-9(5-10(15)6-13(12)17)3-4-18-8-11(16)7-14/h6,11,14-17H,2-4,7-8H2,1H3. The van der Waals surface area contributed by atoms with Gasteiger partial charge in [-0.1, -0.05) is 6.92 Å². The van der Waals surface area contributed by atoms with E-state index in [0.29, 0.717) is 25.0 Å². The van der Waals surface area contributed by atoms with Gasteiger partial charge in [0.25, 0.3) is 0 Å². The zero-order valence-electron chi connectivity index (χ0n) is 10.4. The fourth-order valence-corrected chi connectivity index (χ4v) is 1.69. The summed E-state index contributed by atoms with van der Waals surface area (Å²) in [5, 5.41) is 36.7. The Kier molecular flexibility index (Phi) is 5.91. The smallest absolute Gasteiger partial charge is 0.127 e. The van der Waals surface area contributed by atoms with Crippen LogP contribution in [-0.2, 0) is 17.6 Å². The van der Waals surface area contributed by atoms with Crippen molar-refractivity contribution in [3.05, 3.63) is 23.3 Å². The second-order valence-corrected chi connectivity index (χ2v) is 4.01. The molecule has 0 aromatic heterocycles. The topological polar surface area (TPSA) is 90.2 Å². The lowest BCUT2D eigenvalue weighted by atomic mass is 10.0. The Balaban J connectivity index is 2.56. The van der Waals surface area contributed by atoms with Crippen molar-refractivity contribution in [3.8, 4) is 11.5 Å². The summed E-state index contributed by atoms with van der Waals surface area (Å²) in [5.74, 6) is -0.0470. The minimum atomic E-state index is -0.878. The molecule has 5 heteroatoms. The summed E-state index contributed by atoms with van der Waals surface area (Å²) in [6, 6.07) is 4.04. The second kappa shape index (κ2) is 7.20. The lowest BCUT2D eigenvalue weighted by Gasteiger charge is -2.12. The molecule has 0 aliphatic rings. The molecule has 5 nitrogen and oxygen atoms in total. The van der Waals surface area contributed by atoms with Gasteiger partial charge in [0.15, 0.2) is 0 Å². The van der Waals surface area contributed by atoms with Gasteiger partial charge >= 0.3 is 0 Å². The highest BCUT2D eigenvalue weighted by molar-refractivity contribution is 5.44. The number of phenols is 2. The normalized spacial score (nSPS) is 12.6. The molecule has 0 amide bonds. The molecule has 1 unspecified atom stereocenters. The number of aromatic hydroxyl groups is 2. The minimum absolute atomic E-state index is 0.0548. The van der Waals surface area contributed by atoms with E-state index in [1.807, 2.05) is 6.92 Å². The van der Waals surface area contributed by atoms with E-state index in [0.717, 1.165) is 5.56 Å². The molecule has 18 heavy (non-hydrogen) atoms. The Morgan fingerprint density at radius 3 is 2.72 bits per heavy atom. The van der Waals surface area contributed by atoms with E-state index in [1.165, 1.54) is 6.07 Å². The number of benzene rings is 1. The van der Waals surface area contributed by atoms with Gasteiger partial charge in [-0.05, 0) is 24.0 Å². The van der Waals surface area contributed by atoms with Crippen LogP contribution in [0.25, 0.3) is 0 Å². The average molecular weight is 255 g/mol. The van der Waals surface area contributed by atoms with Gasteiger partial charge in [0.2, 0.25) is 0 Å². The zero-order valence-corrected chi connectivity index (χ0v) is 10.4. The van der Waals surface area contributed by atoms with Gasteiger partial charge in [0.1, 0.15) is 17.6 Å². The molecule has 0 spiro atoms. The lowest BCUT2D eigenvalue weighted by molar-refractivity contribution is 0.00717. The van der Waals surface area contributed by atoms with Crippen LogP contribution < -0.4 is 0 Å². The van der Waals surface area contributed by atoms with E-state index in [-0.39, 0.29) is 24.7 Å². The maximum atomic E-state index is 9.66. The summed E-state index contributed by atoms with van der Waals surface area (Å²) < 4.78 is 5.18. The fraction of sp³-hybridized carbons (Fsp3) is 0.538. The monoisotopic (exact) mass is 255 g/mol. The number of hydrogen-bond donors (Lipinski definition) is 4. The molecule has 4 N–H and O–H groups in total. The van der Waals surface area contributed by atoms with E-state index in [4.69, 9.17) is 14.9 Å². The zero-order chi connectivity index (χ0) is 13.5. The molecular weight excluding hydrogens is 236 g/mol. The van der Waals surface area contributed by atoms with Gasteiger partial charge in [0.05, 0.1) is 19.8 Å². The molecular formula is C13H19O5. The van der Waals surface area contributed by atoms with Crippen LogP contribution in [0.3, 0.4) is 0 Å².